The molecule has 0 spiro atoms. The van der Waals surface area contributed by atoms with Crippen molar-refractivity contribution in [2.75, 3.05) is 0 Å². The molecule has 0 amide bonds. The van der Waals surface area contributed by atoms with Crippen molar-refractivity contribution in [2.45, 2.75) is 0 Å². The maximum atomic E-state index is 5.10. The lowest BCUT2D eigenvalue weighted by atomic mass is 10.2. The van der Waals surface area contributed by atoms with Crippen LogP contribution in [0.15, 0.2) is 127 Å². The minimum absolute atomic E-state index is 0.236. The molecule has 0 heterocycles. The van der Waals surface area contributed by atoms with Crippen molar-refractivity contribution in [3.05, 3.63) is 138 Å². The third-order valence-corrected chi connectivity index (χ3v) is 6.27. The van der Waals surface area contributed by atoms with E-state index in [2.05, 4.69) is 96.6 Å². The highest BCUT2D eigenvalue weighted by Crippen LogP contribution is 1.99. The molecule has 0 aliphatic heterocycles. The molecular formula is C28H28Si2. The molecule has 0 aromatic heterocycles. The average molecular weight is 421 g/mol. The van der Waals surface area contributed by atoms with Crippen LogP contribution in [0.3, 0.4) is 0 Å². The Morgan fingerprint density at radius 2 is 1.10 bits per heavy atom. The fourth-order valence-corrected chi connectivity index (χ4v) is 4.17. The zero-order valence-corrected chi connectivity index (χ0v) is 20.9. The number of rotatable bonds is 3. The smallest absolute Gasteiger partial charge is 0.0783 e. The zero-order chi connectivity index (χ0) is 21.3. The van der Waals surface area contributed by atoms with Gasteiger partial charge in [-0.25, -0.2) is 0 Å². The standard InChI is InChI=1S/C14H14Si.C8H6.C6H8Si/c1-3-7-13(8-4-1)11-12-15-14-9-5-2-6-10-14;1-2-8-6-4-3-5-7-8;7-6-4-2-1-3-5-6/h1-12H,15H2;1,3-7H;1-5H,7H3. The van der Waals surface area contributed by atoms with Crippen molar-refractivity contribution in [2.24, 2.45) is 0 Å². The summed E-state index contributed by atoms with van der Waals surface area (Å²) in [5.41, 5.74) is 4.57. The van der Waals surface area contributed by atoms with Crippen LogP contribution in [0.25, 0.3) is 6.08 Å². The first-order valence-electron chi connectivity index (χ1n) is 10.1. The summed E-state index contributed by atoms with van der Waals surface area (Å²) in [4.78, 5) is 0. The molecule has 30 heavy (non-hydrogen) atoms. The van der Waals surface area contributed by atoms with E-state index >= 15 is 0 Å². The van der Waals surface area contributed by atoms with Gasteiger partial charge in [0, 0.05) is 15.8 Å². The highest BCUT2D eigenvalue weighted by atomic mass is 28.2. The van der Waals surface area contributed by atoms with Gasteiger partial charge in [0.1, 0.15) is 0 Å². The van der Waals surface area contributed by atoms with Crippen molar-refractivity contribution < 1.29 is 0 Å². The second kappa shape index (κ2) is 14.6. The van der Waals surface area contributed by atoms with E-state index in [1.54, 1.807) is 0 Å². The van der Waals surface area contributed by atoms with E-state index in [-0.39, 0.29) is 9.52 Å². The van der Waals surface area contributed by atoms with Gasteiger partial charge in [0.25, 0.3) is 0 Å². The molecule has 0 unspecified atom stereocenters. The second-order valence-electron chi connectivity index (χ2n) is 6.67. The molecule has 0 saturated heterocycles. The molecule has 2 heteroatoms. The Hall–Kier alpha value is -3.39. The summed E-state index contributed by atoms with van der Waals surface area (Å²) in [6, 6.07) is 41.3. The van der Waals surface area contributed by atoms with Crippen LogP contribution in [-0.2, 0) is 0 Å². The number of benzene rings is 4. The van der Waals surface area contributed by atoms with Crippen LogP contribution >= 0.6 is 0 Å². The molecule has 0 aliphatic rings. The Kier molecular flexibility index (Phi) is 11.1. The number of hydrogen-bond acceptors (Lipinski definition) is 0. The van der Waals surface area contributed by atoms with Gasteiger partial charge >= 0.3 is 0 Å². The average Bonchev–Trinajstić information content (AvgIpc) is 2.82. The molecule has 0 nitrogen and oxygen atoms in total. The predicted octanol–water partition coefficient (Wildman–Crippen LogP) is 3.50. The van der Waals surface area contributed by atoms with E-state index in [1.807, 2.05) is 42.5 Å². The molecular weight excluding hydrogens is 392 g/mol. The predicted molar refractivity (Wildman–Crippen MR) is 140 cm³/mol. The molecule has 0 N–H and O–H groups in total. The largest absolute Gasteiger partial charge is 0.115 e. The van der Waals surface area contributed by atoms with Crippen molar-refractivity contribution in [3.63, 3.8) is 0 Å². The lowest BCUT2D eigenvalue weighted by Crippen LogP contribution is -2.09. The minimum atomic E-state index is -0.236. The van der Waals surface area contributed by atoms with Gasteiger partial charge in [0.15, 0.2) is 0 Å². The zero-order valence-electron chi connectivity index (χ0n) is 17.5. The Balaban J connectivity index is 0.000000179. The highest BCUT2D eigenvalue weighted by Gasteiger charge is 1.87. The van der Waals surface area contributed by atoms with Gasteiger partial charge in [0.2, 0.25) is 0 Å². The molecule has 4 aromatic rings. The SMILES string of the molecule is C#Cc1ccccc1.C(=Cc1ccccc1)[SiH2]c1ccccc1.[SiH3]c1ccccc1. The third kappa shape index (κ3) is 10.2. The Morgan fingerprint density at radius 3 is 1.53 bits per heavy atom. The molecule has 0 fully saturated rings. The fourth-order valence-electron chi connectivity index (χ4n) is 2.58. The maximum absolute atomic E-state index is 5.10. The third-order valence-electron chi connectivity index (χ3n) is 4.19. The summed E-state index contributed by atoms with van der Waals surface area (Å²) in [7, 11) is 0.938. The summed E-state index contributed by atoms with van der Waals surface area (Å²) in [6.07, 6.45) is 7.32. The summed E-state index contributed by atoms with van der Waals surface area (Å²) < 4.78 is 0. The Labute approximate surface area is 186 Å². The Bertz CT molecular complexity index is 1000. The molecule has 0 saturated carbocycles. The van der Waals surface area contributed by atoms with Crippen LogP contribution in [0.1, 0.15) is 11.1 Å². The maximum Gasteiger partial charge on any atom is 0.0783 e. The van der Waals surface area contributed by atoms with E-state index < -0.39 is 0 Å². The van der Waals surface area contributed by atoms with Crippen LogP contribution in [0.4, 0.5) is 0 Å². The van der Waals surface area contributed by atoms with Gasteiger partial charge in [-0.3, -0.25) is 0 Å². The van der Waals surface area contributed by atoms with E-state index in [0.29, 0.717) is 0 Å². The lowest BCUT2D eigenvalue weighted by Gasteiger charge is -1.94. The van der Waals surface area contributed by atoms with Gasteiger partial charge in [-0.15, -0.1) is 6.42 Å². The van der Waals surface area contributed by atoms with E-state index in [9.17, 15) is 0 Å². The number of terminal acetylenes is 1. The van der Waals surface area contributed by atoms with E-state index in [4.69, 9.17) is 6.42 Å². The molecule has 0 radical (unpaired) electrons. The van der Waals surface area contributed by atoms with Crippen LogP contribution < -0.4 is 10.4 Å². The summed E-state index contributed by atoms with van der Waals surface area (Å²) >= 11 is 0. The van der Waals surface area contributed by atoms with Crippen LogP contribution in [-0.4, -0.2) is 19.8 Å². The molecule has 4 aromatic carbocycles. The molecule has 0 bridgehead atoms. The summed E-state index contributed by atoms with van der Waals surface area (Å²) in [5, 5.41) is 2.95. The lowest BCUT2D eigenvalue weighted by molar-refractivity contribution is 1.65. The quantitative estimate of drug-likeness (QED) is 0.352. The fraction of sp³-hybridized carbons (Fsp3) is 0. The van der Waals surface area contributed by atoms with Crippen LogP contribution in [0, 0.1) is 12.3 Å². The summed E-state index contributed by atoms with van der Waals surface area (Å²) in [6.45, 7) is 0. The Morgan fingerprint density at radius 1 is 0.633 bits per heavy atom. The van der Waals surface area contributed by atoms with Gasteiger partial charge < -0.3 is 0 Å². The first-order chi connectivity index (χ1) is 14.8. The van der Waals surface area contributed by atoms with Crippen LogP contribution in [0.2, 0.25) is 0 Å². The van der Waals surface area contributed by atoms with Gasteiger partial charge in [-0.2, -0.15) is 0 Å². The first-order valence-corrected chi connectivity index (χ1v) is 12.6. The van der Waals surface area contributed by atoms with E-state index in [0.717, 1.165) is 5.56 Å². The van der Waals surface area contributed by atoms with Crippen LogP contribution in [0.5, 0.6) is 0 Å². The van der Waals surface area contributed by atoms with Crippen molar-refractivity contribution in [3.8, 4) is 12.3 Å². The van der Waals surface area contributed by atoms with Gasteiger partial charge in [-0.05, 0) is 17.7 Å². The first kappa shape index (κ1) is 22.9. The normalized spacial score (nSPS) is 9.97. The molecule has 148 valence electrons. The van der Waals surface area contributed by atoms with Gasteiger partial charge in [0.05, 0.1) is 9.52 Å². The van der Waals surface area contributed by atoms with Crippen molar-refractivity contribution >= 4 is 36.2 Å². The topological polar surface area (TPSA) is 0 Å². The number of hydrogen-bond donors (Lipinski definition) is 0. The molecule has 0 atom stereocenters. The minimum Gasteiger partial charge on any atom is -0.115 e. The van der Waals surface area contributed by atoms with E-state index in [1.165, 1.54) is 26.2 Å². The highest BCUT2D eigenvalue weighted by molar-refractivity contribution is 6.59. The molecule has 4 rings (SSSR count). The second-order valence-corrected chi connectivity index (χ2v) is 9.52. The van der Waals surface area contributed by atoms with Crippen molar-refractivity contribution in [1.29, 1.82) is 0 Å². The van der Waals surface area contributed by atoms with Gasteiger partial charge in [-0.1, -0.05) is 137 Å². The molecule has 0 aliphatic carbocycles. The van der Waals surface area contributed by atoms with Crippen molar-refractivity contribution in [1.82, 2.24) is 0 Å². The summed E-state index contributed by atoms with van der Waals surface area (Å²) in [5.74, 6) is 2.53. The monoisotopic (exact) mass is 420 g/mol.